The standard InChI is InChI=1S/C14H26N4/c1-13(2,3)12-16-11(18(4)17-12)10-14(15)8-6-5-7-9-14/h5-10,15H2,1-4H3. The third-order valence-corrected chi connectivity index (χ3v) is 3.88. The van der Waals surface area contributed by atoms with E-state index < -0.39 is 0 Å². The number of nitrogens with two attached hydrogens (primary N) is 1. The number of aromatic nitrogens is 3. The van der Waals surface area contributed by atoms with Crippen LogP contribution in [0.3, 0.4) is 0 Å². The highest BCUT2D eigenvalue weighted by atomic mass is 15.3. The first-order valence-electron chi connectivity index (χ1n) is 6.99. The van der Waals surface area contributed by atoms with Crippen molar-refractivity contribution in [3.8, 4) is 0 Å². The zero-order valence-electron chi connectivity index (χ0n) is 12.2. The Balaban J connectivity index is 2.16. The van der Waals surface area contributed by atoms with Crippen molar-refractivity contribution in [3.63, 3.8) is 0 Å². The van der Waals surface area contributed by atoms with Crippen LogP contribution in [0, 0.1) is 0 Å². The normalized spacial score (nSPS) is 20.1. The summed E-state index contributed by atoms with van der Waals surface area (Å²) in [4.78, 5) is 4.69. The summed E-state index contributed by atoms with van der Waals surface area (Å²) in [6.45, 7) is 6.43. The molecule has 2 rings (SSSR count). The molecule has 0 radical (unpaired) electrons. The molecule has 1 aliphatic carbocycles. The molecule has 1 aromatic rings. The SMILES string of the molecule is Cn1nc(C(C)(C)C)nc1CC1(N)CCCCC1. The van der Waals surface area contributed by atoms with Gasteiger partial charge in [0.1, 0.15) is 5.82 Å². The van der Waals surface area contributed by atoms with E-state index >= 15 is 0 Å². The predicted octanol–water partition coefficient (Wildman–Crippen LogP) is 2.32. The van der Waals surface area contributed by atoms with E-state index in [1.807, 2.05) is 11.7 Å². The Morgan fingerprint density at radius 1 is 1.22 bits per heavy atom. The van der Waals surface area contributed by atoms with Gasteiger partial charge in [-0.05, 0) is 12.8 Å². The lowest BCUT2D eigenvalue weighted by atomic mass is 9.80. The van der Waals surface area contributed by atoms with Crippen LogP contribution in [0.15, 0.2) is 0 Å². The minimum Gasteiger partial charge on any atom is -0.325 e. The molecule has 0 aromatic carbocycles. The fourth-order valence-electron chi connectivity index (χ4n) is 2.64. The number of rotatable bonds is 2. The number of hydrogen-bond donors (Lipinski definition) is 1. The van der Waals surface area contributed by atoms with Gasteiger partial charge in [0.15, 0.2) is 5.82 Å². The topological polar surface area (TPSA) is 56.7 Å². The maximum absolute atomic E-state index is 6.50. The average molecular weight is 250 g/mol. The molecule has 102 valence electrons. The van der Waals surface area contributed by atoms with Gasteiger partial charge in [0.05, 0.1) is 0 Å². The minimum absolute atomic E-state index is 0.00430. The maximum Gasteiger partial charge on any atom is 0.156 e. The summed E-state index contributed by atoms with van der Waals surface area (Å²) in [5.41, 5.74) is 6.44. The first-order chi connectivity index (χ1) is 8.30. The molecule has 1 aliphatic rings. The molecular weight excluding hydrogens is 224 g/mol. The molecule has 0 atom stereocenters. The van der Waals surface area contributed by atoms with E-state index in [2.05, 4.69) is 25.9 Å². The number of aryl methyl sites for hydroxylation is 1. The molecule has 18 heavy (non-hydrogen) atoms. The lowest BCUT2D eigenvalue weighted by molar-refractivity contribution is 0.287. The van der Waals surface area contributed by atoms with Gasteiger partial charge in [-0.3, -0.25) is 4.68 Å². The van der Waals surface area contributed by atoms with E-state index in [1.165, 1.54) is 19.3 Å². The molecule has 0 unspecified atom stereocenters. The summed E-state index contributed by atoms with van der Waals surface area (Å²) in [5, 5.41) is 4.53. The van der Waals surface area contributed by atoms with E-state index in [0.29, 0.717) is 0 Å². The largest absolute Gasteiger partial charge is 0.325 e. The first kappa shape index (κ1) is 13.5. The highest BCUT2D eigenvalue weighted by Crippen LogP contribution is 2.29. The molecule has 1 saturated carbocycles. The van der Waals surface area contributed by atoms with Crippen LogP contribution in [0.5, 0.6) is 0 Å². The summed E-state index contributed by atoms with van der Waals surface area (Å²) in [6, 6.07) is 0. The van der Waals surface area contributed by atoms with Crippen LogP contribution in [-0.4, -0.2) is 20.3 Å². The van der Waals surface area contributed by atoms with Gasteiger partial charge in [0.2, 0.25) is 0 Å². The van der Waals surface area contributed by atoms with Crippen LogP contribution in [0.4, 0.5) is 0 Å². The molecule has 1 heterocycles. The zero-order chi connectivity index (χ0) is 13.4. The van der Waals surface area contributed by atoms with E-state index in [4.69, 9.17) is 10.7 Å². The summed E-state index contributed by atoms with van der Waals surface area (Å²) >= 11 is 0. The molecule has 4 heteroatoms. The van der Waals surface area contributed by atoms with Gasteiger partial charge >= 0.3 is 0 Å². The monoisotopic (exact) mass is 250 g/mol. The second kappa shape index (κ2) is 4.65. The summed E-state index contributed by atoms with van der Waals surface area (Å²) in [5.74, 6) is 1.95. The third kappa shape index (κ3) is 2.91. The molecule has 4 nitrogen and oxygen atoms in total. The smallest absolute Gasteiger partial charge is 0.156 e. The second-order valence-electron chi connectivity index (χ2n) is 6.83. The van der Waals surface area contributed by atoms with Crippen molar-refractivity contribution >= 4 is 0 Å². The predicted molar refractivity (Wildman–Crippen MR) is 73.4 cm³/mol. The third-order valence-electron chi connectivity index (χ3n) is 3.88. The number of nitrogens with zero attached hydrogens (tertiary/aromatic N) is 3. The summed E-state index contributed by atoms with van der Waals surface area (Å²) in [7, 11) is 1.98. The molecule has 0 spiro atoms. The van der Waals surface area contributed by atoms with Crippen LogP contribution < -0.4 is 5.73 Å². The van der Waals surface area contributed by atoms with Crippen molar-refractivity contribution in [2.75, 3.05) is 0 Å². The minimum atomic E-state index is -0.0613. The number of hydrogen-bond acceptors (Lipinski definition) is 3. The van der Waals surface area contributed by atoms with Crippen LogP contribution >= 0.6 is 0 Å². The van der Waals surface area contributed by atoms with Crippen LogP contribution in [0.2, 0.25) is 0 Å². The van der Waals surface area contributed by atoms with Gasteiger partial charge in [-0.15, -0.1) is 0 Å². The first-order valence-corrected chi connectivity index (χ1v) is 6.99. The fourth-order valence-corrected chi connectivity index (χ4v) is 2.64. The molecule has 2 N–H and O–H groups in total. The molecule has 0 saturated heterocycles. The fraction of sp³-hybridized carbons (Fsp3) is 0.857. The molecule has 1 fully saturated rings. The lowest BCUT2D eigenvalue weighted by Crippen LogP contribution is -2.44. The summed E-state index contributed by atoms with van der Waals surface area (Å²) < 4.78 is 1.91. The van der Waals surface area contributed by atoms with Crippen LogP contribution in [0.25, 0.3) is 0 Å². The highest BCUT2D eigenvalue weighted by molar-refractivity contribution is 5.06. The molecular formula is C14H26N4. The van der Waals surface area contributed by atoms with E-state index in [1.54, 1.807) is 0 Å². The Labute approximate surface area is 110 Å². The van der Waals surface area contributed by atoms with Crippen molar-refractivity contribution in [3.05, 3.63) is 11.6 Å². The van der Waals surface area contributed by atoms with Gasteiger partial charge in [-0.2, -0.15) is 5.10 Å². The molecule has 0 amide bonds. The van der Waals surface area contributed by atoms with Gasteiger partial charge in [0.25, 0.3) is 0 Å². The van der Waals surface area contributed by atoms with Gasteiger partial charge in [0, 0.05) is 24.4 Å². The van der Waals surface area contributed by atoms with E-state index in [0.717, 1.165) is 30.9 Å². The highest BCUT2D eigenvalue weighted by Gasteiger charge is 2.30. The Morgan fingerprint density at radius 3 is 2.33 bits per heavy atom. The Morgan fingerprint density at radius 2 is 1.83 bits per heavy atom. The van der Waals surface area contributed by atoms with Crippen molar-refractivity contribution in [1.29, 1.82) is 0 Å². The Bertz CT molecular complexity index is 408. The van der Waals surface area contributed by atoms with Crippen molar-refractivity contribution < 1.29 is 0 Å². The van der Waals surface area contributed by atoms with Crippen molar-refractivity contribution in [1.82, 2.24) is 14.8 Å². The quantitative estimate of drug-likeness (QED) is 0.876. The maximum atomic E-state index is 6.50. The molecule has 0 bridgehead atoms. The van der Waals surface area contributed by atoms with Crippen molar-refractivity contribution in [2.45, 2.75) is 70.3 Å². The van der Waals surface area contributed by atoms with Crippen LogP contribution in [0.1, 0.15) is 64.5 Å². The van der Waals surface area contributed by atoms with Gasteiger partial charge in [-0.25, -0.2) is 4.98 Å². The zero-order valence-corrected chi connectivity index (χ0v) is 12.2. The lowest BCUT2D eigenvalue weighted by Gasteiger charge is -2.32. The molecule has 0 aliphatic heterocycles. The van der Waals surface area contributed by atoms with Crippen LogP contribution in [-0.2, 0) is 18.9 Å². The molecule has 1 aromatic heterocycles. The van der Waals surface area contributed by atoms with E-state index in [9.17, 15) is 0 Å². The Kier molecular flexibility index (Phi) is 3.49. The van der Waals surface area contributed by atoms with Gasteiger partial charge < -0.3 is 5.73 Å². The van der Waals surface area contributed by atoms with Crippen molar-refractivity contribution in [2.24, 2.45) is 12.8 Å². The van der Waals surface area contributed by atoms with Gasteiger partial charge in [-0.1, -0.05) is 40.0 Å². The summed E-state index contributed by atoms with van der Waals surface area (Å²) in [6.07, 6.45) is 6.91. The average Bonchev–Trinajstić information content (AvgIpc) is 2.60. The van der Waals surface area contributed by atoms with E-state index in [-0.39, 0.29) is 11.0 Å². The Hall–Kier alpha value is -0.900. The second-order valence-corrected chi connectivity index (χ2v) is 6.83.